The largest absolute Gasteiger partial charge is 0.348 e. The molecule has 0 aliphatic carbocycles. The second-order valence-electron chi connectivity index (χ2n) is 6.96. The van der Waals surface area contributed by atoms with Gasteiger partial charge in [-0.2, -0.15) is 4.72 Å². The van der Waals surface area contributed by atoms with Gasteiger partial charge in [0.05, 0.1) is 10.9 Å². The minimum atomic E-state index is -3.86. The highest BCUT2D eigenvalue weighted by Gasteiger charge is 2.27. The Morgan fingerprint density at radius 3 is 2.07 bits per heavy atom. The molecule has 1 amide bonds. The van der Waals surface area contributed by atoms with Gasteiger partial charge in [0.25, 0.3) is 0 Å². The van der Waals surface area contributed by atoms with Crippen LogP contribution in [0.4, 0.5) is 0 Å². The van der Waals surface area contributed by atoms with E-state index in [2.05, 4.69) is 32.6 Å². The highest BCUT2D eigenvalue weighted by Crippen LogP contribution is 2.15. The molecule has 5 nitrogen and oxygen atoms in total. The number of benzene rings is 3. The van der Waals surface area contributed by atoms with Crippen molar-refractivity contribution in [2.75, 3.05) is 0 Å². The average molecular weight is 534 g/mol. The van der Waals surface area contributed by atoms with Gasteiger partial charge in [-0.15, -0.1) is 0 Å². The molecule has 3 aromatic rings. The van der Waals surface area contributed by atoms with Crippen molar-refractivity contribution < 1.29 is 13.2 Å². The third kappa shape index (κ3) is 6.13. The summed E-state index contributed by atoms with van der Waals surface area (Å²) in [4.78, 5) is 13.2. The van der Waals surface area contributed by atoms with E-state index in [-0.39, 0.29) is 23.3 Å². The lowest BCUT2D eigenvalue weighted by atomic mass is 10.0. The van der Waals surface area contributed by atoms with Crippen LogP contribution in [-0.2, 0) is 21.2 Å². The van der Waals surface area contributed by atoms with Crippen molar-refractivity contribution in [3.63, 3.8) is 0 Å². The van der Waals surface area contributed by atoms with Gasteiger partial charge < -0.3 is 5.32 Å². The van der Waals surface area contributed by atoms with E-state index < -0.39 is 16.1 Å². The summed E-state index contributed by atoms with van der Waals surface area (Å²) < 4.78 is 29.3. The maximum Gasteiger partial charge on any atom is 0.241 e. The predicted molar refractivity (Wildman–Crippen MR) is 126 cm³/mol. The second kappa shape index (κ2) is 10.2. The average Bonchev–Trinajstić information content (AvgIpc) is 2.74. The maximum atomic E-state index is 13.1. The summed E-state index contributed by atoms with van der Waals surface area (Å²) in [6.45, 7) is 1.88. The summed E-state index contributed by atoms with van der Waals surface area (Å²) in [5.74, 6) is -0.371. The van der Waals surface area contributed by atoms with E-state index in [4.69, 9.17) is 0 Å². The summed E-state index contributed by atoms with van der Waals surface area (Å²) in [7, 11) is -3.86. The minimum absolute atomic E-state index is 0.130. The third-order valence-corrected chi connectivity index (χ3v) is 6.89. The van der Waals surface area contributed by atoms with Gasteiger partial charge in [-0.05, 0) is 71.3 Å². The quantitative estimate of drug-likeness (QED) is 0.429. The monoisotopic (exact) mass is 534 g/mol. The van der Waals surface area contributed by atoms with Gasteiger partial charge in [-0.25, -0.2) is 8.42 Å². The number of halogens is 1. The van der Waals surface area contributed by atoms with Gasteiger partial charge in [0, 0.05) is 3.57 Å². The molecule has 0 aliphatic rings. The standard InChI is InChI=1S/C23H23IN2O3S/c1-17(19-10-6-3-7-11-19)25-23(27)22(16-18-8-4-2-5-9-18)26-30(28,29)21-14-12-20(24)13-15-21/h2-15,17,22,26H,16H2,1H3,(H,25,27)/t17-,22-/m0/s1. The van der Waals surface area contributed by atoms with Crippen molar-refractivity contribution in [1.82, 2.24) is 10.0 Å². The van der Waals surface area contributed by atoms with Gasteiger partial charge >= 0.3 is 0 Å². The Labute approximate surface area is 191 Å². The molecule has 2 atom stereocenters. The molecule has 0 saturated heterocycles. The zero-order valence-corrected chi connectivity index (χ0v) is 19.4. The molecule has 0 radical (unpaired) electrons. The molecule has 0 spiro atoms. The molecule has 7 heteroatoms. The fraction of sp³-hybridized carbons (Fsp3) is 0.174. The van der Waals surface area contributed by atoms with Crippen molar-refractivity contribution in [3.8, 4) is 0 Å². The van der Waals surface area contributed by atoms with Crippen LogP contribution >= 0.6 is 22.6 Å². The SMILES string of the molecule is C[C@H](NC(=O)[C@H](Cc1ccccc1)NS(=O)(=O)c1ccc(I)cc1)c1ccccc1. The summed E-state index contributed by atoms with van der Waals surface area (Å²) in [6, 6.07) is 24.2. The Morgan fingerprint density at radius 1 is 0.900 bits per heavy atom. The number of nitrogens with one attached hydrogen (secondary N) is 2. The van der Waals surface area contributed by atoms with Crippen LogP contribution in [0.3, 0.4) is 0 Å². The Morgan fingerprint density at radius 2 is 1.47 bits per heavy atom. The number of carbonyl (C=O) groups excluding carboxylic acids is 1. The lowest BCUT2D eigenvalue weighted by molar-refractivity contribution is -0.123. The summed E-state index contributed by atoms with van der Waals surface area (Å²) in [5, 5.41) is 2.93. The third-order valence-electron chi connectivity index (χ3n) is 4.68. The fourth-order valence-corrected chi connectivity index (χ4v) is 4.60. The lowest BCUT2D eigenvalue weighted by Crippen LogP contribution is -2.48. The zero-order valence-electron chi connectivity index (χ0n) is 16.5. The molecule has 0 aliphatic heterocycles. The van der Waals surface area contributed by atoms with E-state index in [0.29, 0.717) is 0 Å². The highest BCUT2D eigenvalue weighted by atomic mass is 127. The van der Waals surface area contributed by atoms with E-state index in [1.807, 2.05) is 67.6 Å². The first kappa shape index (κ1) is 22.5. The first-order valence-electron chi connectivity index (χ1n) is 9.52. The Balaban J connectivity index is 1.82. The van der Waals surface area contributed by atoms with E-state index in [1.165, 1.54) is 12.1 Å². The van der Waals surface area contributed by atoms with Crippen LogP contribution in [0.2, 0.25) is 0 Å². The molecule has 0 fully saturated rings. The van der Waals surface area contributed by atoms with E-state index in [0.717, 1.165) is 14.7 Å². The van der Waals surface area contributed by atoms with E-state index >= 15 is 0 Å². The first-order valence-corrected chi connectivity index (χ1v) is 12.1. The molecular formula is C23H23IN2O3S. The van der Waals surface area contributed by atoms with Gasteiger partial charge in [0.2, 0.25) is 15.9 Å². The Kier molecular flexibility index (Phi) is 7.63. The van der Waals surface area contributed by atoms with E-state index in [9.17, 15) is 13.2 Å². The molecule has 3 rings (SSSR count). The molecule has 3 aromatic carbocycles. The van der Waals surface area contributed by atoms with Crippen LogP contribution in [0.25, 0.3) is 0 Å². The number of hydrogen-bond donors (Lipinski definition) is 2. The molecule has 0 unspecified atom stereocenters. The molecule has 156 valence electrons. The van der Waals surface area contributed by atoms with Crippen molar-refractivity contribution in [2.45, 2.75) is 30.3 Å². The van der Waals surface area contributed by atoms with Crippen LogP contribution in [0.5, 0.6) is 0 Å². The van der Waals surface area contributed by atoms with E-state index in [1.54, 1.807) is 12.1 Å². The van der Waals surface area contributed by atoms with Crippen molar-refractivity contribution in [2.24, 2.45) is 0 Å². The highest BCUT2D eigenvalue weighted by molar-refractivity contribution is 14.1. The smallest absolute Gasteiger partial charge is 0.241 e. The van der Waals surface area contributed by atoms with Gasteiger partial charge in [0.1, 0.15) is 6.04 Å². The minimum Gasteiger partial charge on any atom is -0.348 e. The summed E-state index contributed by atoms with van der Waals surface area (Å²) in [5.41, 5.74) is 1.82. The summed E-state index contributed by atoms with van der Waals surface area (Å²) in [6.07, 6.45) is 0.248. The summed E-state index contributed by atoms with van der Waals surface area (Å²) >= 11 is 2.12. The van der Waals surface area contributed by atoms with Gasteiger partial charge in [-0.1, -0.05) is 60.7 Å². The van der Waals surface area contributed by atoms with Gasteiger partial charge in [0.15, 0.2) is 0 Å². The normalized spacial score (nSPS) is 13.4. The number of amides is 1. The maximum absolute atomic E-state index is 13.1. The molecule has 0 aromatic heterocycles. The number of sulfonamides is 1. The van der Waals surface area contributed by atoms with Crippen molar-refractivity contribution in [1.29, 1.82) is 0 Å². The lowest BCUT2D eigenvalue weighted by Gasteiger charge is -2.22. The van der Waals surface area contributed by atoms with Crippen molar-refractivity contribution >= 4 is 38.5 Å². The predicted octanol–water partition coefficient (Wildman–Crippen LogP) is 4.06. The Bertz CT molecular complexity index is 1070. The second-order valence-corrected chi connectivity index (χ2v) is 9.92. The van der Waals surface area contributed by atoms with Gasteiger partial charge in [-0.3, -0.25) is 4.79 Å². The van der Waals surface area contributed by atoms with Crippen LogP contribution in [0.1, 0.15) is 24.1 Å². The Hall–Kier alpha value is -2.23. The molecular weight excluding hydrogens is 511 g/mol. The van der Waals surface area contributed by atoms with Crippen LogP contribution in [0, 0.1) is 3.57 Å². The molecule has 0 saturated carbocycles. The fourth-order valence-electron chi connectivity index (χ4n) is 3.05. The molecule has 2 N–H and O–H groups in total. The first-order chi connectivity index (χ1) is 14.3. The number of carbonyl (C=O) groups is 1. The van der Waals surface area contributed by atoms with Crippen LogP contribution in [0.15, 0.2) is 89.8 Å². The zero-order chi connectivity index (χ0) is 21.6. The van der Waals surface area contributed by atoms with Crippen LogP contribution in [-0.4, -0.2) is 20.4 Å². The number of hydrogen-bond acceptors (Lipinski definition) is 3. The number of rotatable bonds is 8. The van der Waals surface area contributed by atoms with Crippen molar-refractivity contribution in [3.05, 3.63) is 99.6 Å². The molecule has 0 heterocycles. The molecule has 30 heavy (non-hydrogen) atoms. The topological polar surface area (TPSA) is 75.3 Å². The van der Waals surface area contributed by atoms with Crippen LogP contribution < -0.4 is 10.0 Å². The molecule has 0 bridgehead atoms.